The summed E-state index contributed by atoms with van der Waals surface area (Å²) in [5.74, 6) is -1.81. The third-order valence-corrected chi connectivity index (χ3v) is 5.61. The molecule has 0 bridgehead atoms. The second kappa shape index (κ2) is 12.4. The molecule has 0 unspecified atom stereocenters. The quantitative estimate of drug-likeness (QED) is 0.394. The predicted octanol–water partition coefficient (Wildman–Crippen LogP) is 3.39. The molecule has 11 nitrogen and oxygen atoms in total. The number of aromatic nitrogens is 3. The first-order valence-corrected chi connectivity index (χ1v) is 12.9. The highest BCUT2D eigenvalue weighted by Gasteiger charge is 2.20. The first-order valence-electron chi connectivity index (χ1n) is 11.4. The number of nitrogens with one attached hydrogen (secondary N) is 3. The molecule has 0 aliphatic rings. The van der Waals surface area contributed by atoms with Crippen LogP contribution in [0.4, 0.5) is 9.18 Å². The number of pyridine rings is 1. The second-order valence-electron chi connectivity index (χ2n) is 8.49. The molecule has 2 heterocycles. The van der Waals surface area contributed by atoms with Crippen LogP contribution >= 0.6 is 0 Å². The highest BCUT2D eigenvalue weighted by molar-refractivity contribution is 7.89. The predicted molar refractivity (Wildman–Crippen MR) is 135 cm³/mol. The largest absolute Gasteiger partial charge is 0.444 e. The van der Waals surface area contributed by atoms with Gasteiger partial charge >= 0.3 is 6.09 Å². The fourth-order valence-corrected chi connectivity index (χ4v) is 3.79. The summed E-state index contributed by atoms with van der Waals surface area (Å²) in [6.45, 7) is 11.1. The molecule has 200 valence electrons. The highest BCUT2D eigenvalue weighted by Crippen LogP contribution is 2.14. The van der Waals surface area contributed by atoms with Crippen molar-refractivity contribution >= 4 is 22.0 Å². The van der Waals surface area contributed by atoms with Crippen molar-refractivity contribution in [2.24, 2.45) is 0 Å². The molecular formula is C24H31FN6O5S. The van der Waals surface area contributed by atoms with E-state index in [9.17, 15) is 22.4 Å². The molecule has 0 saturated carbocycles. The van der Waals surface area contributed by atoms with Crippen LogP contribution in [-0.2, 0) is 21.3 Å². The van der Waals surface area contributed by atoms with Gasteiger partial charge in [-0.25, -0.2) is 27.3 Å². The maximum absolute atomic E-state index is 13.8. The molecule has 0 atom stereocenters. The van der Waals surface area contributed by atoms with Crippen molar-refractivity contribution in [3.05, 3.63) is 71.6 Å². The van der Waals surface area contributed by atoms with Gasteiger partial charge in [0.05, 0.1) is 11.9 Å². The molecule has 0 radical (unpaired) electrons. The van der Waals surface area contributed by atoms with E-state index in [4.69, 9.17) is 4.74 Å². The van der Waals surface area contributed by atoms with Crippen molar-refractivity contribution in [1.82, 2.24) is 30.3 Å². The summed E-state index contributed by atoms with van der Waals surface area (Å²) in [7, 11) is -4.34. The highest BCUT2D eigenvalue weighted by atomic mass is 32.2. The minimum absolute atomic E-state index is 0.0971. The maximum Gasteiger partial charge on any atom is 0.407 e. The first kappa shape index (κ1) is 29.4. The normalized spacial score (nSPS) is 11.2. The topological polar surface area (TPSA) is 144 Å². The Kier molecular flexibility index (Phi) is 9.86. The molecular weight excluding hydrogens is 503 g/mol. The number of hydrogen-bond donors (Lipinski definition) is 3. The Bertz CT molecular complexity index is 1350. The van der Waals surface area contributed by atoms with Crippen molar-refractivity contribution < 1.29 is 27.1 Å². The number of sulfonamides is 1. The Labute approximate surface area is 215 Å². The van der Waals surface area contributed by atoms with Gasteiger partial charge in [0.25, 0.3) is 15.9 Å². The number of amides is 2. The number of ether oxygens (including phenoxy) is 1. The number of hydrazine groups is 1. The van der Waals surface area contributed by atoms with Gasteiger partial charge in [0.15, 0.2) is 0 Å². The third-order valence-electron chi connectivity index (χ3n) is 4.33. The van der Waals surface area contributed by atoms with Crippen LogP contribution in [-0.4, -0.2) is 40.8 Å². The summed E-state index contributed by atoms with van der Waals surface area (Å²) < 4.78 is 45.1. The Morgan fingerprint density at radius 2 is 1.81 bits per heavy atom. The van der Waals surface area contributed by atoms with Gasteiger partial charge in [0.1, 0.15) is 22.0 Å². The SMILES string of the molecule is CC.Cc1cc(-n2cc(CNC(=O)OC(C)(C)C)cn2)cc(C(=O)NNS(=O)(=O)c2ccccc2F)n1. The number of alkyl carbamates (subject to hydrolysis) is 1. The van der Waals surface area contributed by atoms with E-state index >= 15 is 0 Å². The molecule has 0 aliphatic heterocycles. The van der Waals surface area contributed by atoms with Crippen molar-refractivity contribution in [2.75, 3.05) is 0 Å². The van der Waals surface area contributed by atoms with Gasteiger partial charge in [0, 0.05) is 24.0 Å². The summed E-state index contributed by atoms with van der Waals surface area (Å²) in [6.07, 6.45) is 2.62. The molecule has 13 heteroatoms. The monoisotopic (exact) mass is 534 g/mol. The number of halogens is 1. The minimum Gasteiger partial charge on any atom is -0.444 e. The molecule has 2 amide bonds. The minimum atomic E-state index is -4.34. The van der Waals surface area contributed by atoms with Crippen LogP contribution < -0.4 is 15.6 Å². The lowest BCUT2D eigenvalue weighted by Gasteiger charge is -2.19. The summed E-state index contributed by atoms with van der Waals surface area (Å²) in [4.78, 5) is 29.8. The molecule has 3 rings (SSSR count). The van der Waals surface area contributed by atoms with Gasteiger partial charge in [-0.15, -0.1) is 4.83 Å². The van der Waals surface area contributed by atoms with E-state index < -0.39 is 38.3 Å². The number of carbonyl (C=O) groups excluding carboxylic acids is 2. The average molecular weight is 535 g/mol. The van der Waals surface area contributed by atoms with E-state index in [0.29, 0.717) is 16.9 Å². The number of benzene rings is 1. The molecule has 2 aromatic heterocycles. The Morgan fingerprint density at radius 3 is 2.46 bits per heavy atom. The number of rotatable bonds is 7. The molecule has 0 aliphatic carbocycles. The Morgan fingerprint density at radius 1 is 1.14 bits per heavy atom. The van der Waals surface area contributed by atoms with Crippen LogP contribution in [0.25, 0.3) is 5.69 Å². The van der Waals surface area contributed by atoms with Crippen molar-refractivity contribution in [3.63, 3.8) is 0 Å². The zero-order valence-electron chi connectivity index (χ0n) is 21.5. The molecule has 3 aromatic rings. The molecule has 0 saturated heterocycles. The van der Waals surface area contributed by atoms with Crippen LogP contribution in [0.15, 0.2) is 53.7 Å². The first-order chi connectivity index (χ1) is 17.3. The fraction of sp³-hybridized carbons (Fsp3) is 0.333. The lowest BCUT2D eigenvalue weighted by Crippen LogP contribution is -2.42. The van der Waals surface area contributed by atoms with E-state index in [1.165, 1.54) is 29.1 Å². The Hall–Kier alpha value is -3.84. The molecule has 0 spiro atoms. The standard InChI is InChI=1S/C22H25FN6O5S.C2H6/c1-14-9-16(29-13-15(12-25-29)11-24-21(31)34-22(2,3)4)10-18(26-14)20(30)27-28-35(32,33)19-8-6-5-7-17(19)23;1-2/h5-10,12-13,28H,11H2,1-4H3,(H,24,31)(H,27,30);1-2H3. The number of hydrogen-bond acceptors (Lipinski definition) is 7. The molecule has 0 fully saturated rings. The van der Waals surface area contributed by atoms with Gasteiger partial charge in [-0.3, -0.25) is 10.2 Å². The van der Waals surface area contributed by atoms with Gasteiger partial charge < -0.3 is 10.1 Å². The summed E-state index contributed by atoms with van der Waals surface area (Å²) in [5.41, 5.74) is 2.93. The van der Waals surface area contributed by atoms with Crippen molar-refractivity contribution in [1.29, 1.82) is 0 Å². The zero-order valence-corrected chi connectivity index (χ0v) is 22.3. The van der Waals surface area contributed by atoms with Gasteiger partial charge in [0.2, 0.25) is 0 Å². The molecule has 3 N–H and O–H groups in total. The van der Waals surface area contributed by atoms with E-state index in [1.54, 1.807) is 40.0 Å². The van der Waals surface area contributed by atoms with E-state index in [0.717, 1.165) is 12.1 Å². The molecule has 37 heavy (non-hydrogen) atoms. The van der Waals surface area contributed by atoms with Crippen LogP contribution in [0.1, 0.15) is 56.4 Å². The summed E-state index contributed by atoms with van der Waals surface area (Å²) in [5, 5.41) is 6.85. The van der Waals surface area contributed by atoms with Crippen LogP contribution in [0.3, 0.4) is 0 Å². The number of carbonyl (C=O) groups is 2. The number of aryl methyl sites for hydroxylation is 1. The van der Waals surface area contributed by atoms with Crippen LogP contribution in [0, 0.1) is 12.7 Å². The van der Waals surface area contributed by atoms with E-state index in [2.05, 4.69) is 15.4 Å². The lowest BCUT2D eigenvalue weighted by atomic mass is 10.2. The smallest absolute Gasteiger partial charge is 0.407 e. The lowest BCUT2D eigenvalue weighted by molar-refractivity contribution is 0.0523. The Balaban J connectivity index is 0.00000235. The van der Waals surface area contributed by atoms with Crippen LogP contribution in [0.5, 0.6) is 0 Å². The zero-order chi connectivity index (χ0) is 27.8. The van der Waals surface area contributed by atoms with Gasteiger partial charge in [-0.2, -0.15) is 5.10 Å². The molecule has 1 aromatic carbocycles. The number of nitrogens with zero attached hydrogens (tertiary/aromatic N) is 3. The second-order valence-corrected chi connectivity index (χ2v) is 10.1. The van der Waals surface area contributed by atoms with Crippen LogP contribution in [0.2, 0.25) is 0 Å². The van der Waals surface area contributed by atoms with Crippen molar-refractivity contribution in [2.45, 2.75) is 58.6 Å². The summed E-state index contributed by atoms with van der Waals surface area (Å²) >= 11 is 0. The third kappa shape index (κ3) is 8.65. The van der Waals surface area contributed by atoms with E-state index in [-0.39, 0.29) is 12.2 Å². The van der Waals surface area contributed by atoms with Gasteiger partial charge in [-0.05, 0) is 52.0 Å². The van der Waals surface area contributed by atoms with Crippen molar-refractivity contribution in [3.8, 4) is 5.69 Å². The average Bonchev–Trinajstić information content (AvgIpc) is 3.30. The van der Waals surface area contributed by atoms with E-state index in [1.807, 2.05) is 24.1 Å². The fourth-order valence-electron chi connectivity index (χ4n) is 2.88. The maximum atomic E-state index is 13.8. The van der Waals surface area contributed by atoms with Gasteiger partial charge in [-0.1, -0.05) is 26.0 Å². The summed E-state index contributed by atoms with van der Waals surface area (Å²) in [6, 6.07) is 7.83.